The summed E-state index contributed by atoms with van der Waals surface area (Å²) < 4.78 is 0. The lowest BCUT2D eigenvalue weighted by molar-refractivity contribution is -0.115. The third-order valence-electron chi connectivity index (χ3n) is 3.48. The van der Waals surface area contributed by atoms with Crippen molar-refractivity contribution in [1.82, 2.24) is 5.32 Å². The molecule has 0 aromatic heterocycles. The van der Waals surface area contributed by atoms with E-state index in [1.807, 2.05) is 45.0 Å². The Morgan fingerprint density at radius 1 is 1.00 bits per heavy atom. The SMILES string of the molecule is Cc1ccccc1CC(=O)Nc1ccccc1C(=O)NC(C)C. The minimum absolute atomic E-state index is 0.0400. The number of amides is 2. The van der Waals surface area contributed by atoms with Crippen LogP contribution >= 0.6 is 0 Å². The summed E-state index contributed by atoms with van der Waals surface area (Å²) in [6.45, 7) is 5.78. The summed E-state index contributed by atoms with van der Waals surface area (Å²) in [5, 5.41) is 5.68. The van der Waals surface area contributed by atoms with Crippen molar-refractivity contribution in [3.63, 3.8) is 0 Å². The van der Waals surface area contributed by atoms with Gasteiger partial charge in [0.1, 0.15) is 0 Å². The molecular formula is C19H22N2O2. The Bertz CT molecular complexity index is 708. The van der Waals surface area contributed by atoms with E-state index in [9.17, 15) is 9.59 Å². The summed E-state index contributed by atoms with van der Waals surface area (Å²) in [5.74, 6) is -0.323. The number of para-hydroxylation sites is 1. The molecule has 4 nitrogen and oxygen atoms in total. The Labute approximate surface area is 136 Å². The molecule has 23 heavy (non-hydrogen) atoms. The first-order valence-corrected chi connectivity index (χ1v) is 7.71. The molecule has 2 N–H and O–H groups in total. The van der Waals surface area contributed by atoms with Gasteiger partial charge in [-0.15, -0.1) is 0 Å². The predicted molar refractivity (Wildman–Crippen MR) is 92.6 cm³/mol. The van der Waals surface area contributed by atoms with Crippen LogP contribution in [0.25, 0.3) is 0 Å². The van der Waals surface area contributed by atoms with E-state index in [1.54, 1.807) is 24.3 Å². The number of aryl methyl sites for hydroxylation is 1. The number of rotatable bonds is 5. The van der Waals surface area contributed by atoms with Crippen LogP contribution in [0.3, 0.4) is 0 Å². The highest BCUT2D eigenvalue weighted by Crippen LogP contribution is 2.16. The second kappa shape index (κ2) is 7.58. The molecule has 0 fully saturated rings. The minimum atomic E-state index is -0.188. The van der Waals surface area contributed by atoms with Crippen LogP contribution < -0.4 is 10.6 Å². The van der Waals surface area contributed by atoms with E-state index < -0.39 is 0 Å². The normalized spacial score (nSPS) is 10.4. The maximum absolute atomic E-state index is 12.3. The molecule has 2 aromatic rings. The first kappa shape index (κ1) is 16.7. The summed E-state index contributed by atoms with van der Waals surface area (Å²) in [5.41, 5.74) is 3.06. The Morgan fingerprint density at radius 3 is 2.35 bits per heavy atom. The van der Waals surface area contributed by atoms with Crippen molar-refractivity contribution in [1.29, 1.82) is 0 Å². The molecule has 2 amide bonds. The Balaban J connectivity index is 2.12. The molecule has 2 aromatic carbocycles. The van der Waals surface area contributed by atoms with Gasteiger partial charge in [-0.25, -0.2) is 0 Å². The average molecular weight is 310 g/mol. The molecule has 0 saturated heterocycles. The highest BCUT2D eigenvalue weighted by atomic mass is 16.2. The zero-order valence-electron chi connectivity index (χ0n) is 13.7. The molecule has 0 aliphatic rings. The van der Waals surface area contributed by atoms with E-state index in [4.69, 9.17) is 0 Å². The zero-order valence-corrected chi connectivity index (χ0v) is 13.7. The van der Waals surface area contributed by atoms with Gasteiger partial charge in [0.15, 0.2) is 0 Å². The monoisotopic (exact) mass is 310 g/mol. The topological polar surface area (TPSA) is 58.2 Å². The van der Waals surface area contributed by atoms with Crippen LogP contribution in [0.1, 0.15) is 35.3 Å². The van der Waals surface area contributed by atoms with Gasteiger partial charge in [-0.05, 0) is 44.0 Å². The number of anilines is 1. The van der Waals surface area contributed by atoms with Crippen molar-refractivity contribution in [3.8, 4) is 0 Å². The van der Waals surface area contributed by atoms with E-state index in [-0.39, 0.29) is 24.3 Å². The van der Waals surface area contributed by atoms with E-state index >= 15 is 0 Å². The van der Waals surface area contributed by atoms with Crippen LogP contribution in [-0.4, -0.2) is 17.9 Å². The second-order valence-electron chi connectivity index (χ2n) is 5.83. The third kappa shape index (κ3) is 4.68. The highest BCUT2D eigenvalue weighted by Gasteiger charge is 2.14. The van der Waals surface area contributed by atoms with Gasteiger partial charge in [-0.1, -0.05) is 36.4 Å². The van der Waals surface area contributed by atoms with Gasteiger partial charge in [-0.2, -0.15) is 0 Å². The summed E-state index contributed by atoms with van der Waals surface area (Å²) in [6, 6.07) is 14.9. The summed E-state index contributed by atoms with van der Waals surface area (Å²) >= 11 is 0. The molecule has 0 heterocycles. The van der Waals surface area contributed by atoms with Gasteiger partial charge in [-0.3, -0.25) is 9.59 Å². The molecule has 0 bridgehead atoms. The number of nitrogens with one attached hydrogen (secondary N) is 2. The van der Waals surface area contributed by atoms with Crippen LogP contribution in [0.5, 0.6) is 0 Å². The molecule has 0 atom stereocenters. The maximum Gasteiger partial charge on any atom is 0.253 e. The molecule has 0 saturated carbocycles. The lowest BCUT2D eigenvalue weighted by Crippen LogP contribution is -2.31. The molecule has 4 heteroatoms. The smallest absolute Gasteiger partial charge is 0.253 e. The van der Waals surface area contributed by atoms with Crippen molar-refractivity contribution >= 4 is 17.5 Å². The van der Waals surface area contributed by atoms with E-state index in [0.717, 1.165) is 11.1 Å². The molecule has 0 aliphatic heterocycles. The Hall–Kier alpha value is -2.62. The summed E-state index contributed by atoms with van der Waals surface area (Å²) in [6.07, 6.45) is 0.285. The third-order valence-corrected chi connectivity index (χ3v) is 3.48. The fourth-order valence-corrected chi connectivity index (χ4v) is 2.31. The van der Waals surface area contributed by atoms with Gasteiger partial charge in [0.25, 0.3) is 5.91 Å². The first-order valence-electron chi connectivity index (χ1n) is 7.71. The van der Waals surface area contributed by atoms with Crippen LogP contribution in [0.15, 0.2) is 48.5 Å². The Morgan fingerprint density at radius 2 is 1.65 bits per heavy atom. The van der Waals surface area contributed by atoms with Crippen molar-refractivity contribution in [2.24, 2.45) is 0 Å². The summed E-state index contributed by atoms with van der Waals surface area (Å²) in [7, 11) is 0. The van der Waals surface area contributed by atoms with Crippen molar-refractivity contribution in [2.45, 2.75) is 33.2 Å². The quantitative estimate of drug-likeness (QED) is 0.890. The maximum atomic E-state index is 12.3. The fourth-order valence-electron chi connectivity index (χ4n) is 2.31. The van der Waals surface area contributed by atoms with Gasteiger partial charge in [0.05, 0.1) is 17.7 Å². The average Bonchev–Trinajstić information content (AvgIpc) is 2.49. The molecule has 0 unspecified atom stereocenters. The van der Waals surface area contributed by atoms with Crippen LogP contribution in [0.2, 0.25) is 0 Å². The number of carbonyl (C=O) groups excluding carboxylic acids is 2. The van der Waals surface area contributed by atoms with Crippen LogP contribution in [-0.2, 0) is 11.2 Å². The van der Waals surface area contributed by atoms with Crippen LogP contribution in [0, 0.1) is 6.92 Å². The van der Waals surface area contributed by atoms with E-state index in [1.165, 1.54) is 0 Å². The lowest BCUT2D eigenvalue weighted by atomic mass is 10.1. The fraction of sp³-hybridized carbons (Fsp3) is 0.263. The van der Waals surface area contributed by atoms with Crippen LogP contribution in [0.4, 0.5) is 5.69 Å². The number of hydrogen-bond donors (Lipinski definition) is 2. The van der Waals surface area contributed by atoms with E-state index in [2.05, 4.69) is 10.6 Å². The van der Waals surface area contributed by atoms with Gasteiger partial charge >= 0.3 is 0 Å². The molecule has 0 radical (unpaired) electrons. The zero-order chi connectivity index (χ0) is 16.8. The molecule has 0 spiro atoms. The van der Waals surface area contributed by atoms with Crippen molar-refractivity contribution < 1.29 is 9.59 Å². The number of hydrogen-bond acceptors (Lipinski definition) is 2. The molecular weight excluding hydrogens is 288 g/mol. The minimum Gasteiger partial charge on any atom is -0.350 e. The summed E-state index contributed by atoms with van der Waals surface area (Å²) in [4.78, 5) is 24.5. The van der Waals surface area contributed by atoms with Gasteiger partial charge in [0, 0.05) is 6.04 Å². The van der Waals surface area contributed by atoms with Crippen molar-refractivity contribution in [3.05, 3.63) is 65.2 Å². The molecule has 120 valence electrons. The first-order chi connectivity index (χ1) is 11.0. The Kier molecular flexibility index (Phi) is 5.52. The number of carbonyl (C=O) groups is 2. The standard InChI is InChI=1S/C19H22N2O2/c1-13(2)20-19(23)16-10-6-7-11-17(16)21-18(22)12-15-9-5-4-8-14(15)3/h4-11,13H,12H2,1-3H3,(H,20,23)(H,21,22). The highest BCUT2D eigenvalue weighted by molar-refractivity contribution is 6.04. The molecule has 0 aliphatic carbocycles. The number of benzene rings is 2. The van der Waals surface area contributed by atoms with E-state index in [0.29, 0.717) is 11.3 Å². The van der Waals surface area contributed by atoms with Gasteiger partial charge < -0.3 is 10.6 Å². The second-order valence-corrected chi connectivity index (χ2v) is 5.83. The van der Waals surface area contributed by atoms with Crippen molar-refractivity contribution in [2.75, 3.05) is 5.32 Å². The lowest BCUT2D eigenvalue weighted by Gasteiger charge is -2.13. The van der Waals surface area contributed by atoms with Gasteiger partial charge in [0.2, 0.25) is 5.91 Å². The molecule has 2 rings (SSSR count). The largest absolute Gasteiger partial charge is 0.350 e. The predicted octanol–water partition coefficient (Wildman–Crippen LogP) is 3.31.